The van der Waals surface area contributed by atoms with Gasteiger partial charge in [0.1, 0.15) is 0 Å². The molecule has 1 aromatic carbocycles. The minimum absolute atomic E-state index is 0.0000336. The smallest absolute Gasteiger partial charge is 0.311 e. The van der Waals surface area contributed by atoms with Crippen molar-refractivity contribution in [3.05, 3.63) is 29.6 Å². The number of methoxy groups -OCH3 is 1. The van der Waals surface area contributed by atoms with Gasteiger partial charge in [0.25, 0.3) is 5.91 Å². The van der Waals surface area contributed by atoms with Crippen LogP contribution in [0.5, 0.6) is 5.75 Å². The molecule has 1 unspecified atom stereocenters. The summed E-state index contributed by atoms with van der Waals surface area (Å²) < 4.78 is 18.2. The summed E-state index contributed by atoms with van der Waals surface area (Å²) in [5.74, 6) is -1.72. The fraction of sp³-hybridized carbons (Fsp3) is 0.467. The number of amides is 1. The zero-order valence-corrected chi connectivity index (χ0v) is 12.1. The van der Waals surface area contributed by atoms with Gasteiger partial charge in [-0.15, -0.1) is 0 Å². The van der Waals surface area contributed by atoms with Gasteiger partial charge in [-0.05, 0) is 31.0 Å². The second-order valence-corrected chi connectivity index (χ2v) is 5.27. The maximum absolute atomic E-state index is 13.4. The highest BCUT2D eigenvalue weighted by molar-refractivity contribution is 5.95. The maximum atomic E-state index is 13.4. The molecule has 1 fully saturated rings. The molecule has 1 aliphatic heterocycles. The molecule has 0 aromatic heterocycles. The van der Waals surface area contributed by atoms with E-state index in [0.717, 1.165) is 0 Å². The number of carboxylic acids is 1. The number of likely N-dealkylation sites (tertiary alicyclic amines) is 1. The fourth-order valence-electron chi connectivity index (χ4n) is 2.64. The Morgan fingerprint density at radius 2 is 2.19 bits per heavy atom. The average Bonchev–Trinajstić information content (AvgIpc) is 2.93. The van der Waals surface area contributed by atoms with Crippen molar-refractivity contribution in [2.24, 2.45) is 5.41 Å². The number of carbonyl (C=O) groups is 2. The van der Waals surface area contributed by atoms with Gasteiger partial charge in [-0.3, -0.25) is 9.59 Å². The molecule has 1 N–H and O–H groups in total. The Bertz CT molecular complexity index is 575. The van der Waals surface area contributed by atoms with E-state index in [-0.39, 0.29) is 18.2 Å². The lowest BCUT2D eigenvalue weighted by atomic mass is 9.84. The number of rotatable bonds is 4. The summed E-state index contributed by atoms with van der Waals surface area (Å²) in [6, 6.07) is 3.89. The van der Waals surface area contributed by atoms with Crippen LogP contribution in [0, 0.1) is 11.2 Å². The molecule has 0 bridgehead atoms. The summed E-state index contributed by atoms with van der Waals surface area (Å²) in [7, 11) is 1.33. The molecule has 1 saturated heterocycles. The second-order valence-electron chi connectivity index (χ2n) is 5.27. The first-order valence-electron chi connectivity index (χ1n) is 6.80. The third-order valence-electron chi connectivity index (χ3n) is 4.17. The molecule has 1 atom stereocenters. The van der Waals surface area contributed by atoms with Gasteiger partial charge in [0.05, 0.1) is 12.5 Å². The molecule has 21 heavy (non-hydrogen) atoms. The minimum Gasteiger partial charge on any atom is -0.494 e. The van der Waals surface area contributed by atoms with E-state index < -0.39 is 17.2 Å². The number of carbonyl (C=O) groups excluding carboxylic acids is 1. The Balaban J connectivity index is 2.20. The van der Waals surface area contributed by atoms with Crippen LogP contribution in [0.1, 0.15) is 30.1 Å². The van der Waals surface area contributed by atoms with Crippen LogP contribution in [0.3, 0.4) is 0 Å². The van der Waals surface area contributed by atoms with Crippen LogP contribution in [0.4, 0.5) is 4.39 Å². The van der Waals surface area contributed by atoms with E-state index >= 15 is 0 Å². The number of aliphatic carboxylic acids is 1. The third kappa shape index (κ3) is 2.70. The molecule has 5 nitrogen and oxygen atoms in total. The van der Waals surface area contributed by atoms with Crippen LogP contribution in [0.2, 0.25) is 0 Å². The lowest BCUT2D eigenvalue weighted by Crippen LogP contribution is -2.36. The summed E-state index contributed by atoms with van der Waals surface area (Å²) in [4.78, 5) is 25.3. The highest BCUT2D eigenvalue weighted by Crippen LogP contribution is 2.35. The zero-order valence-electron chi connectivity index (χ0n) is 12.1. The van der Waals surface area contributed by atoms with Crippen molar-refractivity contribution < 1.29 is 23.8 Å². The molecular weight excluding hydrogens is 277 g/mol. The number of hydrogen-bond acceptors (Lipinski definition) is 3. The molecule has 6 heteroatoms. The number of nitrogens with zero attached hydrogens (tertiary/aromatic N) is 1. The van der Waals surface area contributed by atoms with Crippen molar-refractivity contribution in [3.63, 3.8) is 0 Å². The molecular formula is C15H18FNO4. The molecule has 0 aliphatic carbocycles. The van der Waals surface area contributed by atoms with Crippen molar-refractivity contribution in [2.45, 2.75) is 19.8 Å². The summed E-state index contributed by atoms with van der Waals surface area (Å²) in [5, 5.41) is 9.34. The first-order valence-corrected chi connectivity index (χ1v) is 6.80. The van der Waals surface area contributed by atoms with Gasteiger partial charge in [-0.2, -0.15) is 0 Å². The topological polar surface area (TPSA) is 66.8 Å². The number of benzene rings is 1. The standard InChI is InChI=1S/C15H18FNO4/c1-3-15(14(19)20)6-7-17(9-15)13(18)10-4-5-11(16)12(8-10)21-2/h4-5,8H,3,6-7,9H2,1-2H3,(H,19,20). The van der Waals surface area contributed by atoms with Gasteiger partial charge in [0.15, 0.2) is 11.6 Å². The lowest BCUT2D eigenvalue weighted by molar-refractivity contribution is -0.148. The Labute approximate surface area is 122 Å². The first kappa shape index (κ1) is 15.3. The Morgan fingerprint density at radius 3 is 2.71 bits per heavy atom. The van der Waals surface area contributed by atoms with Crippen LogP contribution >= 0.6 is 0 Å². The fourth-order valence-corrected chi connectivity index (χ4v) is 2.64. The van der Waals surface area contributed by atoms with Gasteiger partial charge in [-0.25, -0.2) is 4.39 Å². The summed E-state index contributed by atoms with van der Waals surface area (Å²) >= 11 is 0. The third-order valence-corrected chi connectivity index (χ3v) is 4.17. The molecule has 0 saturated carbocycles. The minimum atomic E-state index is -0.878. The van der Waals surface area contributed by atoms with E-state index in [4.69, 9.17) is 4.74 Å². The van der Waals surface area contributed by atoms with Crippen molar-refractivity contribution in [3.8, 4) is 5.75 Å². The van der Waals surface area contributed by atoms with Gasteiger partial charge in [-0.1, -0.05) is 6.92 Å². The molecule has 1 heterocycles. The lowest BCUT2D eigenvalue weighted by Gasteiger charge is -2.23. The summed E-state index contributed by atoms with van der Waals surface area (Å²) in [6.45, 7) is 2.37. The van der Waals surface area contributed by atoms with Crippen LogP contribution in [0.25, 0.3) is 0 Å². The Hall–Kier alpha value is -2.11. The van der Waals surface area contributed by atoms with Crippen LogP contribution in [-0.2, 0) is 4.79 Å². The molecule has 1 amide bonds. The van der Waals surface area contributed by atoms with Crippen molar-refractivity contribution in [1.29, 1.82) is 0 Å². The van der Waals surface area contributed by atoms with E-state index in [1.54, 1.807) is 0 Å². The quantitative estimate of drug-likeness (QED) is 0.924. The largest absolute Gasteiger partial charge is 0.494 e. The van der Waals surface area contributed by atoms with Gasteiger partial charge in [0, 0.05) is 18.7 Å². The highest BCUT2D eigenvalue weighted by Gasteiger charge is 2.44. The molecule has 114 valence electrons. The van der Waals surface area contributed by atoms with Crippen LogP contribution < -0.4 is 4.74 Å². The number of hydrogen-bond donors (Lipinski definition) is 1. The van der Waals surface area contributed by atoms with E-state index in [9.17, 15) is 19.1 Å². The summed E-state index contributed by atoms with van der Waals surface area (Å²) in [5.41, 5.74) is -0.578. The normalized spacial score (nSPS) is 21.4. The number of ether oxygens (including phenoxy) is 1. The van der Waals surface area contributed by atoms with Crippen molar-refractivity contribution >= 4 is 11.9 Å². The second kappa shape index (κ2) is 5.71. The maximum Gasteiger partial charge on any atom is 0.311 e. The molecule has 2 rings (SSSR count). The van der Waals surface area contributed by atoms with E-state index in [0.29, 0.717) is 24.9 Å². The van der Waals surface area contributed by atoms with E-state index in [2.05, 4.69) is 0 Å². The van der Waals surface area contributed by atoms with Gasteiger partial charge >= 0.3 is 5.97 Å². The van der Waals surface area contributed by atoms with Crippen LogP contribution in [0.15, 0.2) is 18.2 Å². The molecule has 0 radical (unpaired) electrons. The Kier molecular flexibility index (Phi) is 4.16. The predicted octanol–water partition coefficient (Wildman–Crippen LogP) is 2.16. The molecule has 1 aromatic rings. The van der Waals surface area contributed by atoms with Crippen molar-refractivity contribution in [1.82, 2.24) is 4.90 Å². The Morgan fingerprint density at radius 1 is 1.48 bits per heavy atom. The summed E-state index contributed by atoms with van der Waals surface area (Å²) in [6.07, 6.45) is 0.905. The van der Waals surface area contributed by atoms with Crippen LogP contribution in [-0.4, -0.2) is 42.1 Å². The highest BCUT2D eigenvalue weighted by atomic mass is 19.1. The molecule has 0 spiro atoms. The van der Waals surface area contributed by atoms with Gasteiger partial charge < -0.3 is 14.7 Å². The van der Waals surface area contributed by atoms with E-state index in [1.165, 1.54) is 30.2 Å². The molecule has 1 aliphatic rings. The number of carboxylic acid groups (broad SMARTS) is 1. The van der Waals surface area contributed by atoms with E-state index in [1.807, 2.05) is 6.92 Å². The van der Waals surface area contributed by atoms with Gasteiger partial charge in [0.2, 0.25) is 0 Å². The SMILES string of the molecule is CCC1(C(=O)O)CCN(C(=O)c2ccc(F)c(OC)c2)C1. The predicted molar refractivity (Wildman–Crippen MR) is 73.8 cm³/mol. The monoisotopic (exact) mass is 295 g/mol. The number of halogens is 1. The van der Waals surface area contributed by atoms with Crippen molar-refractivity contribution in [2.75, 3.05) is 20.2 Å². The average molecular weight is 295 g/mol. The first-order chi connectivity index (χ1) is 9.93. The zero-order chi connectivity index (χ0) is 15.6.